The van der Waals surface area contributed by atoms with Crippen LogP contribution in [0.5, 0.6) is 5.75 Å². The standard InChI is InChI=1S/C17H20N4O5/c1-17(2,3)26-16(22)19-6-7-20-11(9-19)10-25-15-12(8-18)13(21(23)24)4-5-14(15)20/h4-5,11H,6-7,9-10H2,1-3H3/t11-/m0/s1. The molecule has 2 aliphatic rings. The van der Waals surface area contributed by atoms with Crippen LogP contribution in [-0.4, -0.2) is 53.8 Å². The third-order valence-corrected chi connectivity index (χ3v) is 4.29. The zero-order chi connectivity index (χ0) is 19.1. The van der Waals surface area contributed by atoms with Crippen molar-refractivity contribution in [2.24, 2.45) is 0 Å². The van der Waals surface area contributed by atoms with Crippen molar-refractivity contribution in [1.82, 2.24) is 4.90 Å². The van der Waals surface area contributed by atoms with E-state index in [1.165, 1.54) is 6.07 Å². The first kappa shape index (κ1) is 17.8. The molecule has 0 spiro atoms. The van der Waals surface area contributed by atoms with Crippen molar-refractivity contribution in [2.45, 2.75) is 32.4 Å². The van der Waals surface area contributed by atoms with Crippen molar-refractivity contribution in [3.8, 4) is 11.8 Å². The molecule has 2 heterocycles. The summed E-state index contributed by atoms with van der Waals surface area (Å²) in [6.45, 7) is 7.11. The first-order chi connectivity index (χ1) is 12.2. The number of benzene rings is 1. The molecule has 0 unspecified atom stereocenters. The van der Waals surface area contributed by atoms with Gasteiger partial charge in [0.25, 0.3) is 5.69 Å². The molecule has 1 fully saturated rings. The number of ether oxygens (including phenoxy) is 2. The summed E-state index contributed by atoms with van der Waals surface area (Å²) in [5.74, 6) is 0.240. The lowest BCUT2D eigenvalue weighted by Crippen LogP contribution is -2.59. The lowest BCUT2D eigenvalue weighted by molar-refractivity contribution is -0.385. The predicted octanol–water partition coefficient (Wildman–Crippen LogP) is 2.28. The Balaban J connectivity index is 1.83. The Bertz CT molecular complexity index is 796. The zero-order valence-corrected chi connectivity index (χ0v) is 14.9. The minimum atomic E-state index is -0.589. The van der Waals surface area contributed by atoms with Gasteiger partial charge in [0.05, 0.1) is 16.7 Å². The van der Waals surface area contributed by atoms with E-state index in [0.717, 1.165) is 0 Å². The average Bonchev–Trinajstić information content (AvgIpc) is 2.58. The number of carbonyl (C=O) groups excluding carboxylic acids is 1. The number of carbonyl (C=O) groups is 1. The van der Waals surface area contributed by atoms with E-state index in [0.29, 0.717) is 25.3 Å². The monoisotopic (exact) mass is 360 g/mol. The highest BCUT2D eigenvalue weighted by atomic mass is 16.6. The van der Waals surface area contributed by atoms with E-state index in [1.54, 1.807) is 11.0 Å². The fraction of sp³-hybridized carbons (Fsp3) is 0.529. The van der Waals surface area contributed by atoms with Gasteiger partial charge < -0.3 is 19.3 Å². The van der Waals surface area contributed by atoms with Crippen molar-refractivity contribution < 1.29 is 19.2 Å². The van der Waals surface area contributed by atoms with Crippen LogP contribution in [0.1, 0.15) is 26.3 Å². The molecule has 0 saturated carbocycles. The van der Waals surface area contributed by atoms with E-state index in [4.69, 9.17) is 9.47 Å². The number of amides is 1. The maximum Gasteiger partial charge on any atom is 0.410 e. The van der Waals surface area contributed by atoms with Gasteiger partial charge in [-0.3, -0.25) is 10.1 Å². The molecule has 0 bridgehead atoms. The Kier molecular flexibility index (Phi) is 4.36. The first-order valence-corrected chi connectivity index (χ1v) is 8.30. The molecule has 9 nitrogen and oxygen atoms in total. The maximum absolute atomic E-state index is 12.3. The first-order valence-electron chi connectivity index (χ1n) is 8.30. The molecule has 0 N–H and O–H groups in total. The van der Waals surface area contributed by atoms with Crippen LogP contribution in [0.25, 0.3) is 0 Å². The van der Waals surface area contributed by atoms with Crippen LogP contribution in [0.2, 0.25) is 0 Å². The van der Waals surface area contributed by atoms with Crippen LogP contribution in [-0.2, 0) is 4.74 Å². The van der Waals surface area contributed by atoms with Crippen molar-refractivity contribution in [3.63, 3.8) is 0 Å². The maximum atomic E-state index is 12.3. The largest absolute Gasteiger partial charge is 0.488 e. The van der Waals surface area contributed by atoms with E-state index in [2.05, 4.69) is 0 Å². The van der Waals surface area contributed by atoms with Gasteiger partial charge in [-0.25, -0.2) is 4.79 Å². The summed E-state index contributed by atoms with van der Waals surface area (Å²) in [5, 5.41) is 20.4. The van der Waals surface area contributed by atoms with Gasteiger partial charge in [-0.2, -0.15) is 5.26 Å². The second kappa shape index (κ2) is 6.37. The molecular weight excluding hydrogens is 340 g/mol. The van der Waals surface area contributed by atoms with Crippen molar-refractivity contribution in [3.05, 3.63) is 27.8 Å². The highest BCUT2D eigenvalue weighted by molar-refractivity contribution is 5.74. The van der Waals surface area contributed by atoms with Crippen LogP contribution in [0, 0.1) is 21.4 Å². The zero-order valence-electron chi connectivity index (χ0n) is 14.9. The number of fused-ring (bicyclic) bond motifs is 3. The van der Waals surface area contributed by atoms with E-state index < -0.39 is 10.5 Å². The van der Waals surface area contributed by atoms with Crippen molar-refractivity contribution in [1.29, 1.82) is 5.26 Å². The summed E-state index contributed by atoms with van der Waals surface area (Å²) in [6.07, 6.45) is -0.371. The molecule has 1 aromatic carbocycles. The van der Waals surface area contributed by atoms with Crippen LogP contribution >= 0.6 is 0 Å². The summed E-state index contributed by atoms with van der Waals surface area (Å²) >= 11 is 0. The van der Waals surface area contributed by atoms with Gasteiger partial charge in [-0.1, -0.05) is 0 Å². The molecular formula is C17H20N4O5. The van der Waals surface area contributed by atoms with Gasteiger partial charge in [-0.15, -0.1) is 0 Å². The van der Waals surface area contributed by atoms with Crippen molar-refractivity contribution in [2.75, 3.05) is 31.1 Å². The smallest absolute Gasteiger partial charge is 0.410 e. The lowest BCUT2D eigenvalue weighted by Gasteiger charge is -2.45. The summed E-state index contributed by atoms with van der Waals surface area (Å²) < 4.78 is 11.1. The molecule has 1 saturated heterocycles. The third-order valence-electron chi connectivity index (χ3n) is 4.29. The fourth-order valence-electron chi connectivity index (χ4n) is 3.18. The van der Waals surface area contributed by atoms with E-state index >= 15 is 0 Å². The number of hydrogen-bond acceptors (Lipinski definition) is 7. The number of nitro benzene ring substituents is 1. The normalized spacial score (nSPS) is 18.9. The highest BCUT2D eigenvalue weighted by Gasteiger charge is 2.38. The molecule has 3 rings (SSSR count). The molecule has 26 heavy (non-hydrogen) atoms. The van der Waals surface area contributed by atoms with Crippen LogP contribution in [0.4, 0.5) is 16.2 Å². The van der Waals surface area contributed by atoms with Gasteiger partial charge in [0.15, 0.2) is 11.3 Å². The Labute approximate surface area is 150 Å². The average molecular weight is 360 g/mol. The van der Waals surface area contributed by atoms with Gasteiger partial charge in [0.1, 0.15) is 18.3 Å². The van der Waals surface area contributed by atoms with E-state index in [1.807, 2.05) is 31.7 Å². The van der Waals surface area contributed by atoms with E-state index in [9.17, 15) is 20.2 Å². The van der Waals surface area contributed by atoms with Crippen LogP contribution < -0.4 is 9.64 Å². The van der Waals surface area contributed by atoms with E-state index in [-0.39, 0.29) is 35.7 Å². The molecule has 2 aliphatic heterocycles. The number of hydrogen-bond donors (Lipinski definition) is 0. The minimum absolute atomic E-state index is 0.0690. The van der Waals surface area contributed by atoms with Crippen molar-refractivity contribution >= 4 is 17.5 Å². The van der Waals surface area contributed by atoms with Gasteiger partial charge >= 0.3 is 6.09 Å². The van der Waals surface area contributed by atoms with Crippen LogP contribution in [0.3, 0.4) is 0 Å². The number of rotatable bonds is 1. The molecule has 0 aromatic heterocycles. The second-order valence-electron chi connectivity index (χ2n) is 7.26. The number of nitro groups is 1. The Morgan fingerprint density at radius 3 is 2.77 bits per heavy atom. The summed E-state index contributed by atoms with van der Waals surface area (Å²) in [6, 6.07) is 4.70. The number of nitriles is 1. The Hall–Kier alpha value is -3.02. The van der Waals surface area contributed by atoms with Gasteiger partial charge in [0.2, 0.25) is 0 Å². The SMILES string of the molecule is CC(C)(C)OC(=O)N1CCN2c3ccc([N+](=O)[O-])c(C#N)c3OC[C@@H]2C1. The number of piperazine rings is 1. The van der Waals surface area contributed by atoms with Gasteiger partial charge in [-0.05, 0) is 26.8 Å². The number of nitrogens with zero attached hydrogens (tertiary/aromatic N) is 4. The minimum Gasteiger partial charge on any atom is -0.488 e. The summed E-state index contributed by atoms with van der Waals surface area (Å²) in [7, 11) is 0. The summed E-state index contributed by atoms with van der Waals surface area (Å²) in [5.41, 5.74) is -0.255. The fourth-order valence-corrected chi connectivity index (χ4v) is 3.18. The Morgan fingerprint density at radius 2 is 2.15 bits per heavy atom. The second-order valence-corrected chi connectivity index (χ2v) is 7.26. The van der Waals surface area contributed by atoms with Gasteiger partial charge in [0, 0.05) is 25.7 Å². The molecule has 9 heteroatoms. The molecule has 0 radical (unpaired) electrons. The molecule has 1 aromatic rings. The Morgan fingerprint density at radius 1 is 1.42 bits per heavy atom. The molecule has 0 aliphatic carbocycles. The quantitative estimate of drug-likeness (QED) is 0.558. The molecule has 138 valence electrons. The van der Waals surface area contributed by atoms with Crippen LogP contribution in [0.15, 0.2) is 12.1 Å². The third kappa shape index (κ3) is 3.22. The molecule has 1 atom stereocenters. The lowest BCUT2D eigenvalue weighted by atomic mass is 10.0. The topological polar surface area (TPSA) is 109 Å². The predicted molar refractivity (Wildman–Crippen MR) is 92.2 cm³/mol. The number of anilines is 1. The molecule has 1 amide bonds. The summed E-state index contributed by atoms with van der Waals surface area (Å²) in [4.78, 5) is 26.5. The highest BCUT2D eigenvalue weighted by Crippen LogP contribution is 2.41.